The van der Waals surface area contributed by atoms with Gasteiger partial charge in [0.1, 0.15) is 24.7 Å². The molecular weight excluding hydrogens is 594 g/mol. The third-order valence-corrected chi connectivity index (χ3v) is 8.37. The Kier molecular flexibility index (Phi) is 9.45. The van der Waals surface area contributed by atoms with Crippen molar-refractivity contribution in [3.8, 4) is 11.5 Å². The minimum atomic E-state index is -4.06. The molecule has 0 aliphatic carbocycles. The molecule has 1 aromatic heterocycles. The molecule has 10 heteroatoms. The highest BCUT2D eigenvalue weighted by molar-refractivity contribution is 7.85. The van der Waals surface area contributed by atoms with Crippen molar-refractivity contribution < 1.29 is 41.3 Å². The van der Waals surface area contributed by atoms with Gasteiger partial charge in [0.25, 0.3) is 10.1 Å². The lowest BCUT2D eigenvalue weighted by molar-refractivity contribution is -0.645. The summed E-state index contributed by atoms with van der Waals surface area (Å²) in [7, 11) is -2.52. The summed E-state index contributed by atoms with van der Waals surface area (Å²) < 4.78 is 50.7. The number of para-hydroxylation sites is 1. The van der Waals surface area contributed by atoms with Crippen molar-refractivity contribution in [1.29, 1.82) is 0 Å². The number of nitrogens with zero attached hydrogens (tertiary/aromatic N) is 1. The molecule has 1 heterocycles. The van der Waals surface area contributed by atoms with E-state index in [1.165, 1.54) is 0 Å². The Bertz CT molecular complexity index is 1980. The van der Waals surface area contributed by atoms with Gasteiger partial charge in [-0.25, -0.2) is 9.59 Å². The number of esters is 2. The SMILES string of the molecule is COc1ccc2c(c1)c(C(=O)Oc1c(C)cc(C(=O)OCc3ccccc3)cc1C)c1ccccc1[n+]2CCCCS(=O)(=O)O. The number of hydrogen-bond donors (Lipinski definition) is 1. The largest absolute Gasteiger partial charge is 0.497 e. The molecule has 0 spiro atoms. The highest BCUT2D eigenvalue weighted by Gasteiger charge is 2.27. The van der Waals surface area contributed by atoms with Crippen molar-refractivity contribution in [3.63, 3.8) is 0 Å². The average Bonchev–Trinajstić information content (AvgIpc) is 3.02. The highest BCUT2D eigenvalue weighted by Crippen LogP contribution is 2.32. The summed E-state index contributed by atoms with van der Waals surface area (Å²) in [5, 5.41) is 1.25. The number of carbonyl (C=O) groups is 2. The van der Waals surface area contributed by atoms with Crippen LogP contribution in [0.1, 0.15) is 50.2 Å². The number of ether oxygens (including phenoxy) is 3. The van der Waals surface area contributed by atoms with Crippen LogP contribution < -0.4 is 14.0 Å². The molecule has 0 radical (unpaired) electrons. The average molecular weight is 629 g/mol. The molecule has 0 saturated carbocycles. The molecule has 45 heavy (non-hydrogen) atoms. The van der Waals surface area contributed by atoms with Crippen LogP contribution in [-0.2, 0) is 28.0 Å². The van der Waals surface area contributed by atoms with Crippen LogP contribution in [0.25, 0.3) is 21.8 Å². The molecule has 1 N–H and O–H groups in total. The quantitative estimate of drug-likeness (QED) is 0.0462. The number of carbonyl (C=O) groups excluding carboxylic acids is 2. The van der Waals surface area contributed by atoms with E-state index >= 15 is 0 Å². The van der Waals surface area contributed by atoms with E-state index < -0.39 is 22.1 Å². The van der Waals surface area contributed by atoms with Gasteiger partial charge in [0.15, 0.2) is 0 Å². The van der Waals surface area contributed by atoms with E-state index in [9.17, 15) is 18.0 Å². The van der Waals surface area contributed by atoms with Crippen molar-refractivity contribution in [2.24, 2.45) is 0 Å². The number of benzene rings is 4. The van der Waals surface area contributed by atoms with E-state index in [4.69, 9.17) is 18.8 Å². The first-order valence-corrected chi connectivity index (χ1v) is 16.1. The fraction of sp³-hybridized carbons (Fsp3) is 0.229. The number of aryl methyl sites for hydroxylation is 3. The first kappa shape index (κ1) is 31.6. The molecule has 0 amide bonds. The third-order valence-electron chi connectivity index (χ3n) is 7.57. The minimum Gasteiger partial charge on any atom is -0.497 e. The Balaban J connectivity index is 1.49. The fourth-order valence-electron chi connectivity index (χ4n) is 5.47. The molecule has 0 atom stereocenters. The second-order valence-electron chi connectivity index (χ2n) is 10.8. The second-order valence-corrected chi connectivity index (χ2v) is 12.4. The maximum absolute atomic E-state index is 14.0. The lowest BCUT2D eigenvalue weighted by Crippen LogP contribution is -2.37. The van der Waals surface area contributed by atoms with Crippen LogP contribution in [-0.4, -0.2) is 37.8 Å². The molecule has 0 aliphatic heterocycles. The van der Waals surface area contributed by atoms with Gasteiger partial charge < -0.3 is 14.2 Å². The summed E-state index contributed by atoms with van der Waals surface area (Å²) in [6, 6.07) is 25.6. The first-order valence-electron chi connectivity index (χ1n) is 14.5. The molecule has 0 saturated heterocycles. The Labute approximate surface area is 261 Å². The molecule has 0 unspecified atom stereocenters. The van der Waals surface area contributed by atoms with Crippen LogP contribution in [0.5, 0.6) is 11.5 Å². The van der Waals surface area contributed by atoms with E-state index in [-0.39, 0.29) is 18.8 Å². The molecule has 0 fully saturated rings. The summed E-state index contributed by atoms with van der Waals surface area (Å²) in [5.74, 6) is -0.480. The third kappa shape index (κ3) is 7.30. The second kappa shape index (κ2) is 13.5. The zero-order chi connectivity index (χ0) is 32.1. The van der Waals surface area contributed by atoms with Crippen LogP contribution in [0.2, 0.25) is 0 Å². The van der Waals surface area contributed by atoms with Crippen molar-refractivity contribution in [2.75, 3.05) is 12.9 Å². The van der Waals surface area contributed by atoms with Crippen molar-refractivity contribution in [1.82, 2.24) is 0 Å². The molecular formula is C35H34NO8S+. The Morgan fingerprint density at radius 2 is 1.47 bits per heavy atom. The fourth-order valence-corrected chi connectivity index (χ4v) is 6.04. The van der Waals surface area contributed by atoms with Crippen LogP contribution >= 0.6 is 0 Å². The van der Waals surface area contributed by atoms with Gasteiger partial charge in [0, 0.05) is 18.6 Å². The standard InChI is InChI=1S/C35H33NO8S/c1-23-19-26(34(37)43-22-25-11-5-4-6-12-25)20-24(2)33(23)44-35(38)32-28-13-7-8-14-30(28)36(17-9-10-18-45(39,40)41)31-16-15-27(42-3)21-29(31)32/h4-8,11-16,19-21H,9-10,17-18,22H2,1-3H3/p+1. The first-order chi connectivity index (χ1) is 21.6. The van der Waals surface area contributed by atoms with Gasteiger partial charge in [-0.1, -0.05) is 42.5 Å². The number of methoxy groups -OCH3 is 1. The van der Waals surface area contributed by atoms with Gasteiger partial charge >= 0.3 is 11.9 Å². The topological polar surface area (TPSA) is 120 Å². The number of rotatable bonds is 11. The molecule has 232 valence electrons. The highest BCUT2D eigenvalue weighted by atomic mass is 32.2. The molecule has 9 nitrogen and oxygen atoms in total. The molecule has 5 aromatic rings. The van der Waals surface area contributed by atoms with E-state index in [0.717, 1.165) is 16.6 Å². The zero-order valence-corrected chi connectivity index (χ0v) is 26.1. The van der Waals surface area contributed by atoms with Crippen LogP contribution in [0, 0.1) is 13.8 Å². The summed E-state index contributed by atoms with van der Waals surface area (Å²) in [6.07, 6.45) is 0.758. The maximum atomic E-state index is 14.0. The maximum Gasteiger partial charge on any atom is 0.345 e. The summed E-state index contributed by atoms with van der Waals surface area (Å²) >= 11 is 0. The van der Waals surface area contributed by atoms with Crippen LogP contribution in [0.15, 0.2) is 84.9 Å². The lowest BCUT2D eigenvalue weighted by Gasteiger charge is -2.15. The van der Waals surface area contributed by atoms with Gasteiger partial charge in [0.05, 0.1) is 34.8 Å². The minimum absolute atomic E-state index is 0.145. The summed E-state index contributed by atoms with van der Waals surface area (Å²) in [5.41, 5.74) is 4.28. The van der Waals surface area contributed by atoms with Gasteiger partial charge in [-0.15, -0.1) is 0 Å². The number of unbranched alkanes of at least 4 members (excludes halogenated alkanes) is 1. The van der Waals surface area contributed by atoms with Gasteiger partial charge in [-0.3, -0.25) is 4.55 Å². The van der Waals surface area contributed by atoms with E-state index in [1.807, 2.05) is 65.2 Å². The monoisotopic (exact) mass is 628 g/mol. The number of pyridine rings is 1. The molecule has 0 bridgehead atoms. The lowest BCUT2D eigenvalue weighted by atomic mass is 10.0. The van der Waals surface area contributed by atoms with Crippen LogP contribution in [0.3, 0.4) is 0 Å². The van der Waals surface area contributed by atoms with Gasteiger partial charge in [-0.05, 0) is 67.3 Å². The van der Waals surface area contributed by atoms with Gasteiger partial charge in [-0.2, -0.15) is 13.0 Å². The van der Waals surface area contributed by atoms with Crippen molar-refractivity contribution >= 4 is 43.9 Å². The van der Waals surface area contributed by atoms with E-state index in [0.29, 0.717) is 57.5 Å². The van der Waals surface area contributed by atoms with E-state index in [2.05, 4.69) is 0 Å². The Morgan fingerprint density at radius 3 is 2.16 bits per heavy atom. The molecule has 5 rings (SSSR count). The van der Waals surface area contributed by atoms with Gasteiger partial charge in [0.2, 0.25) is 11.0 Å². The number of fused-ring (bicyclic) bond motifs is 2. The Morgan fingerprint density at radius 1 is 0.800 bits per heavy atom. The predicted octanol–water partition coefficient (Wildman–Crippen LogP) is 6.15. The predicted molar refractivity (Wildman–Crippen MR) is 170 cm³/mol. The summed E-state index contributed by atoms with van der Waals surface area (Å²) in [4.78, 5) is 26.9. The molecule has 4 aromatic carbocycles. The number of aromatic nitrogens is 1. The summed E-state index contributed by atoms with van der Waals surface area (Å²) in [6.45, 7) is 4.14. The Hall–Kier alpha value is -4.80. The van der Waals surface area contributed by atoms with Crippen molar-refractivity contribution in [3.05, 3.63) is 113 Å². The normalized spacial score (nSPS) is 11.5. The molecule has 0 aliphatic rings. The number of hydrogen-bond acceptors (Lipinski definition) is 7. The van der Waals surface area contributed by atoms with Crippen LogP contribution in [0.4, 0.5) is 0 Å². The smallest absolute Gasteiger partial charge is 0.345 e. The zero-order valence-electron chi connectivity index (χ0n) is 25.3. The van der Waals surface area contributed by atoms with E-state index in [1.54, 1.807) is 45.2 Å². The van der Waals surface area contributed by atoms with Crippen molar-refractivity contribution in [2.45, 2.75) is 39.8 Å².